The summed E-state index contributed by atoms with van der Waals surface area (Å²) >= 11 is 0. The van der Waals surface area contributed by atoms with Crippen LogP contribution < -0.4 is 10.0 Å². The van der Waals surface area contributed by atoms with Gasteiger partial charge in [-0.3, -0.25) is 4.79 Å². The van der Waals surface area contributed by atoms with Gasteiger partial charge >= 0.3 is 0 Å². The van der Waals surface area contributed by atoms with E-state index in [0.29, 0.717) is 5.69 Å². The first-order valence-corrected chi connectivity index (χ1v) is 10.1. The molecule has 0 aliphatic heterocycles. The van der Waals surface area contributed by atoms with Gasteiger partial charge in [-0.05, 0) is 55.3 Å². The Morgan fingerprint density at radius 3 is 2.38 bits per heavy atom. The second-order valence-electron chi connectivity index (χ2n) is 6.45. The fraction of sp³-hybridized carbons (Fsp3) is 0.316. The van der Waals surface area contributed by atoms with Gasteiger partial charge < -0.3 is 5.32 Å². The maximum atomic E-state index is 12.9. The Balaban J connectivity index is 1.74. The van der Waals surface area contributed by atoms with Crippen LogP contribution in [0.5, 0.6) is 0 Å². The van der Waals surface area contributed by atoms with Gasteiger partial charge in [0.05, 0.1) is 4.90 Å². The van der Waals surface area contributed by atoms with Crippen molar-refractivity contribution in [3.05, 3.63) is 59.9 Å². The van der Waals surface area contributed by atoms with E-state index in [4.69, 9.17) is 0 Å². The van der Waals surface area contributed by atoms with Crippen LogP contribution in [0.1, 0.15) is 42.5 Å². The number of halogens is 1. The van der Waals surface area contributed by atoms with Gasteiger partial charge in [0, 0.05) is 17.3 Å². The maximum Gasteiger partial charge on any atom is 0.255 e. The Kier molecular flexibility index (Phi) is 5.68. The number of sulfonamides is 1. The summed E-state index contributed by atoms with van der Waals surface area (Å²) < 4.78 is 40.8. The lowest BCUT2D eigenvalue weighted by Crippen LogP contribution is -2.36. The molecule has 2 N–H and O–H groups in total. The summed E-state index contributed by atoms with van der Waals surface area (Å²) in [5.41, 5.74) is 0.658. The van der Waals surface area contributed by atoms with Crippen molar-refractivity contribution in [2.45, 2.75) is 43.0 Å². The molecule has 5 nitrogen and oxygen atoms in total. The molecule has 26 heavy (non-hydrogen) atoms. The van der Waals surface area contributed by atoms with E-state index in [2.05, 4.69) is 10.0 Å². The van der Waals surface area contributed by atoms with E-state index in [-0.39, 0.29) is 16.5 Å². The number of rotatable bonds is 5. The van der Waals surface area contributed by atoms with Crippen LogP contribution in [0.4, 0.5) is 10.1 Å². The second-order valence-corrected chi connectivity index (χ2v) is 8.16. The van der Waals surface area contributed by atoms with Crippen LogP contribution in [-0.4, -0.2) is 20.4 Å². The molecule has 0 atom stereocenters. The van der Waals surface area contributed by atoms with Crippen molar-refractivity contribution in [2.24, 2.45) is 0 Å². The Hall–Kier alpha value is -2.25. The Morgan fingerprint density at radius 2 is 1.69 bits per heavy atom. The first kappa shape index (κ1) is 18.5. The highest BCUT2D eigenvalue weighted by molar-refractivity contribution is 7.89. The molecular formula is C19H21FN2O3S. The molecule has 0 bridgehead atoms. The number of hydrogen-bond acceptors (Lipinski definition) is 3. The van der Waals surface area contributed by atoms with E-state index in [0.717, 1.165) is 32.1 Å². The van der Waals surface area contributed by atoms with Crippen molar-refractivity contribution in [3.63, 3.8) is 0 Å². The lowest BCUT2D eigenvalue weighted by atomic mass is 9.96. The zero-order valence-corrected chi connectivity index (χ0v) is 15.1. The fourth-order valence-corrected chi connectivity index (χ4v) is 4.40. The Morgan fingerprint density at radius 1 is 1.00 bits per heavy atom. The molecule has 0 saturated heterocycles. The number of amides is 1. The molecule has 2 aromatic carbocycles. The lowest BCUT2D eigenvalue weighted by molar-refractivity contribution is 0.102. The van der Waals surface area contributed by atoms with Crippen molar-refractivity contribution in [3.8, 4) is 0 Å². The van der Waals surface area contributed by atoms with Crippen LogP contribution in [0.2, 0.25) is 0 Å². The molecule has 1 saturated carbocycles. The van der Waals surface area contributed by atoms with E-state index >= 15 is 0 Å². The zero-order valence-electron chi connectivity index (χ0n) is 14.2. The van der Waals surface area contributed by atoms with Crippen molar-refractivity contribution >= 4 is 21.6 Å². The van der Waals surface area contributed by atoms with E-state index in [9.17, 15) is 17.6 Å². The quantitative estimate of drug-likeness (QED) is 0.836. The summed E-state index contributed by atoms with van der Waals surface area (Å²) in [6, 6.07) is 11.2. The molecule has 0 unspecified atom stereocenters. The monoisotopic (exact) mass is 376 g/mol. The van der Waals surface area contributed by atoms with Gasteiger partial charge in [0.1, 0.15) is 5.82 Å². The number of hydrogen-bond donors (Lipinski definition) is 2. The Bertz CT molecular complexity index is 876. The molecule has 0 spiro atoms. The average Bonchev–Trinajstić information content (AvgIpc) is 2.64. The minimum absolute atomic E-state index is 0.0505. The van der Waals surface area contributed by atoms with E-state index in [1.807, 2.05) is 0 Å². The molecular weight excluding hydrogens is 355 g/mol. The Labute approximate surface area is 152 Å². The fourth-order valence-electron chi connectivity index (χ4n) is 3.05. The molecule has 0 heterocycles. The van der Waals surface area contributed by atoms with Crippen LogP contribution in [0.3, 0.4) is 0 Å². The summed E-state index contributed by atoms with van der Waals surface area (Å²) in [7, 11) is -3.67. The third-order valence-electron chi connectivity index (χ3n) is 4.44. The summed E-state index contributed by atoms with van der Waals surface area (Å²) in [6.07, 6.45) is 4.85. The van der Waals surface area contributed by atoms with Crippen molar-refractivity contribution < 1.29 is 17.6 Å². The van der Waals surface area contributed by atoms with Crippen LogP contribution in [0, 0.1) is 5.82 Å². The topological polar surface area (TPSA) is 75.3 Å². The van der Waals surface area contributed by atoms with Gasteiger partial charge in [0.15, 0.2) is 0 Å². The average molecular weight is 376 g/mol. The van der Waals surface area contributed by atoms with Crippen LogP contribution in [0.25, 0.3) is 0 Å². The van der Waals surface area contributed by atoms with E-state index in [1.54, 1.807) is 6.07 Å². The molecule has 7 heteroatoms. The predicted molar refractivity (Wildman–Crippen MR) is 98.0 cm³/mol. The van der Waals surface area contributed by atoms with Crippen molar-refractivity contribution in [2.75, 3.05) is 5.32 Å². The van der Waals surface area contributed by atoms with Gasteiger partial charge in [0.2, 0.25) is 10.0 Å². The number of benzene rings is 2. The maximum absolute atomic E-state index is 12.9. The SMILES string of the molecule is O=C(Nc1ccc(F)cc1)c1cccc(S(=O)(=O)NC2CCCCC2)c1. The van der Waals surface area contributed by atoms with Gasteiger partial charge in [-0.15, -0.1) is 0 Å². The van der Waals surface area contributed by atoms with Gasteiger partial charge in [-0.1, -0.05) is 25.3 Å². The highest BCUT2D eigenvalue weighted by atomic mass is 32.2. The lowest BCUT2D eigenvalue weighted by Gasteiger charge is -2.22. The van der Waals surface area contributed by atoms with Crippen molar-refractivity contribution in [1.82, 2.24) is 4.72 Å². The van der Waals surface area contributed by atoms with Gasteiger partial charge in [-0.25, -0.2) is 17.5 Å². The molecule has 1 amide bonds. The number of anilines is 1. The number of nitrogens with one attached hydrogen (secondary N) is 2. The molecule has 2 aromatic rings. The number of carbonyl (C=O) groups is 1. The summed E-state index contributed by atoms with van der Waals surface area (Å²) in [4.78, 5) is 12.4. The molecule has 3 rings (SSSR count). The molecule has 138 valence electrons. The highest BCUT2D eigenvalue weighted by Gasteiger charge is 2.22. The summed E-state index contributed by atoms with van der Waals surface area (Å²) in [5, 5.41) is 2.62. The van der Waals surface area contributed by atoms with E-state index < -0.39 is 21.7 Å². The van der Waals surface area contributed by atoms with Crippen LogP contribution in [0.15, 0.2) is 53.4 Å². The molecule has 0 aromatic heterocycles. The first-order chi connectivity index (χ1) is 12.4. The number of carbonyl (C=O) groups excluding carboxylic acids is 1. The minimum Gasteiger partial charge on any atom is -0.322 e. The third-order valence-corrected chi connectivity index (χ3v) is 5.95. The van der Waals surface area contributed by atoms with Gasteiger partial charge in [-0.2, -0.15) is 0 Å². The van der Waals surface area contributed by atoms with Crippen LogP contribution in [-0.2, 0) is 10.0 Å². The highest BCUT2D eigenvalue weighted by Crippen LogP contribution is 2.20. The van der Waals surface area contributed by atoms with Crippen molar-refractivity contribution in [1.29, 1.82) is 0 Å². The van der Waals surface area contributed by atoms with E-state index in [1.165, 1.54) is 42.5 Å². The largest absolute Gasteiger partial charge is 0.322 e. The standard InChI is InChI=1S/C19H21FN2O3S/c20-15-9-11-16(12-10-15)21-19(23)14-5-4-8-18(13-14)26(24,25)22-17-6-2-1-3-7-17/h4-5,8-13,17,22H,1-3,6-7H2,(H,21,23). The molecule has 1 aliphatic rings. The van der Waals surface area contributed by atoms with Gasteiger partial charge in [0.25, 0.3) is 5.91 Å². The summed E-state index contributed by atoms with van der Waals surface area (Å²) in [6.45, 7) is 0. The molecule has 1 fully saturated rings. The zero-order chi connectivity index (χ0) is 18.6. The smallest absolute Gasteiger partial charge is 0.255 e. The molecule has 1 aliphatic carbocycles. The normalized spacial score (nSPS) is 15.6. The van der Waals surface area contributed by atoms with Crippen LogP contribution >= 0.6 is 0 Å². The first-order valence-electron chi connectivity index (χ1n) is 8.63. The second kappa shape index (κ2) is 7.97. The third kappa shape index (κ3) is 4.68. The minimum atomic E-state index is -3.67. The summed E-state index contributed by atoms with van der Waals surface area (Å²) in [5.74, 6) is -0.851. The molecule has 0 radical (unpaired) electrons. The predicted octanol–water partition coefficient (Wildman–Crippen LogP) is 3.69.